The molecule has 0 unspecified atom stereocenters. The van der Waals surface area contributed by atoms with Crippen molar-refractivity contribution in [3.8, 4) is 0 Å². The molecule has 6 heteroatoms. The summed E-state index contributed by atoms with van der Waals surface area (Å²) in [7, 11) is 0. The molecular formula is C17H13BrN2O2S. The van der Waals surface area contributed by atoms with Crippen molar-refractivity contribution in [1.82, 2.24) is 4.90 Å². The van der Waals surface area contributed by atoms with Gasteiger partial charge in [-0.3, -0.25) is 14.5 Å². The molecule has 2 aromatic rings. The molecule has 0 atom stereocenters. The zero-order valence-electron chi connectivity index (χ0n) is 12.0. The Morgan fingerprint density at radius 3 is 2.48 bits per heavy atom. The van der Waals surface area contributed by atoms with Crippen molar-refractivity contribution < 1.29 is 9.59 Å². The molecule has 1 aliphatic heterocycles. The van der Waals surface area contributed by atoms with Gasteiger partial charge in [-0.25, -0.2) is 0 Å². The minimum absolute atomic E-state index is 0.138. The van der Waals surface area contributed by atoms with Crippen LogP contribution in [0.3, 0.4) is 0 Å². The quantitative estimate of drug-likeness (QED) is 0.780. The van der Waals surface area contributed by atoms with Gasteiger partial charge in [-0.2, -0.15) is 0 Å². The first-order valence-corrected chi connectivity index (χ1v) is 8.55. The highest BCUT2D eigenvalue weighted by atomic mass is 79.9. The van der Waals surface area contributed by atoms with Crippen molar-refractivity contribution in [2.24, 2.45) is 0 Å². The summed E-state index contributed by atoms with van der Waals surface area (Å²) < 4.78 is 0.881. The summed E-state index contributed by atoms with van der Waals surface area (Å²) in [5.41, 5.74) is 1.73. The third-order valence-corrected chi connectivity index (χ3v) is 4.87. The first-order chi connectivity index (χ1) is 11.1. The topological polar surface area (TPSA) is 49.4 Å². The molecule has 1 aliphatic rings. The lowest BCUT2D eigenvalue weighted by molar-refractivity contribution is -0.122. The fraction of sp³-hybridized carbons (Fsp3) is 0.0588. The van der Waals surface area contributed by atoms with E-state index in [2.05, 4.69) is 21.2 Å². The molecule has 116 valence electrons. The maximum atomic E-state index is 12.4. The third kappa shape index (κ3) is 3.65. The van der Waals surface area contributed by atoms with Gasteiger partial charge in [-0.15, -0.1) is 0 Å². The normalized spacial score (nSPS) is 16.2. The molecule has 1 N–H and O–H groups in total. The SMILES string of the molecule is O=C1SC(=Cc2ccccc2)C(=O)N1CNc1ccccc1Br. The van der Waals surface area contributed by atoms with Gasteiger partial charge in [0.15, 0.2) is 0 Å². The smallest absolute Gasteiger partial charge is 0.295 e. The number of carbonyl (C=O) groups excluding carboxylic acids is 2. The van der Waals surface area contributed by atoms with Gasteiger partial charge in [0.05, 0.1) is 11.6 Å². The summed E-state index contributed by atoms with van der Waals surface area (Å²) in [5, 5.41) is 2.83. The van der Waals surface area contributed by atoms with Gasteiger partial charge in [0.25, 0.3) is 11.1 Å². The van der Waals surface area contributed by atoms with Crippen LogP contribution < -0.4 is 5.32 Å². The van der Waals surface area contributed by atoms with E-state index in [1.807, 2.05) is 54.6 Å². The number of nitrogens with zero attached hydrogens (tertiary/aromatic N) is 1. The predicted molar refractivity (Wildman–Crippen MR) is 96.9 cm³/mol. The number of anilines is 1. The molecule has 1 heterocycles. The molecule has 4 nitrogen and oxygen atoms in total. The molecule has 0 aliphatic carbocycles. The number of halogens is 1. The summed E-state index contributed by atoms with van der Waals surface area (Å²) >= 11 is 4.39. The molecule has 0 bridgehead atoms. The number of benzene rings is 2. The second-order valence-corrected chi connectivity index (χ2v) is 6.68. The number of rotatable bonds is 4. The molecule has 1 fully saturated rings. The summed E-state index contributed by atoms with van der Waals surface area (Å²) in [6.45, 7) is 0.138. The number of thioether (sulfide) groups is 1. The first kappa shape index (κ1) is 15.8. The van der Waals surface area contributed by atoms with Crippen LogP contribution in [0.1, 0.15) is 5.56 Å². The molecule has 2 amide bonds. The molecule has 2 aromatic carbocycles. The van der Waals surface area contributed by atoms with Crippen LogP contribution in [0, 0.1) is 0 Å². The standard InChI is InChI=1S/C17H13BrN2O2S/c18-13-8-4-5-9-14(13)19-11-20-16(21)15(23-17(20)22)10-12-6-2-1-3-7-12/h1-10,19H,11H2. The maximum Gasteiger partial charge on any atom is 0.295 e. The van der Waals surface area contributed by atoms with Crippen LogP contribution in [-0.2, 0) is 4.79 Å². The number of carbonyl (C=O) groups is 2. The van der Waals surface area contributed by atoms with Crippen LogP contribution in [0.4, 0.5) is 10.5 Å². The lowest BCUT2D eigenvalue weighted by Crippen LogP contribution is -2.33. The lowest BCUT2D eigenvalue weighted by Gasteiger charge is -2.15. The van der Waals surface area contributed by atoms with E-state index in [9.17, 15) is 9.59 Å². The van der Waals surface area contributed by atoms with Crippen molar-refractivity contribution in [2.45, 2.75) is 0 Å². The van der Waals surface area contributed by atoms with Crippen LogP contribution in [0.5, 0.6) is 0 Å². The molecule has 3 rings (SSSR count). The van der Waals surface area contributed by atoms with Crippen molar-refractivity contribution in [2.75, 3.05) is 12.0 Å². The third-order valence-electron chi connectivity index (χ3n) is 3.27. The highest BCUT2D eigenvalue weighted by molar-refractivity contribution is 9.10. The number of amides is 2. The number of hydrogen-bond acceptors (Lipinski definition) is 4. The molecule has 0 spiro atoms. The fourth-order valence-electron chi connectivity index (χ4n) is 2.11. The number of para-hydroxylation sites is 1. The monoisotopic (exact) mass is 388 g/mol. The summed E-state index contributed by atoms with van der Waals surface area (Å²) in [6, 6.07) is 17.0. The zero-order chi connectivity index (χ0) is 16.2. The van der Waals surface area contributed by atoms with Crippen molar-refractivity contribution in [3.05, 3.63) is 69.5 Å². The number of nitrogens with one attached hydrogen (secondary N) is 1. The van der Waals surface area contributed by atoms with Crippen LogP contribution in [0.2, 0.25) is 0 Å². The number of imide groups is 1. The minimum atomic E-state index is -0.275. The van der Waals surface area contributed by atoms with E-state index in [1.54, 1.807) is 6.08 Å². The van der Waals surface area contributed by atoms with Gasteiger partial charge < -0.3 is 5.32 Å². The zero-order valence-corrected chi connectivity index (χ0v) is 14.4. The second kappa shape index (κ2) is 7.02. The van der Waals surface area contributed by atoms with Gasteiger partial charge in [0, 0.05) is 10.2 Å². The Kier molecular flexibility index (Phi) is 4.83. The summed E-state index contributed by atoms with van der Waals surface area (Å²) in [4.78, 5) is 26.1. The van der Waals surface area contributed by atoms with Gasteiger partial charge in [0.2, 0.25) is 0 Å². The fourth-order valence-corrected chi connectivity index (χ4v) is 3.37. The highest BCUT2D eigenvalue weighted by Crippen LogP contribution is 2.32. The Labute approximate surface area is 146 Å². The van der Waals surface area contributed by atoms with Gasteiger partial charge >= 0.3 is 0 Å². The van der Waals surface area contributed by atoms with E-state index in [0.717, 1.165) is 27.5 Å². The lowest BCUT2D eigenvalue weighted by atomic mass is 10.2. The molecule has 0 saturated carbocycles. The summed E-state index contributed by atoms with van der Waals surface area (Å²) in [6.07, 6.45) is 1.74. The second-order valence-electron chi connectivity index (χ2n) is 4.84. The van der Waals surface area contributed by atoms with Gasteiger partial charge in [0.1, 0.15) is 0 Å². The van der Waals surface area contributed by atoms with E-state index < -0.39 is 0 Å². The minimum Gasteiger partial charge on any atom is -0.366 e. The highest BCUT2D eigenvalue weighted by Gasteiger charge is 2.34. The average Bonchev–Trinajstić information content (AvgIpc) is 2.82. The Bertz CT molecular complexity index is 777. The van der Waals surface area contributed by atoms with Gasteiger partial charge in [-0.05, 0) is 51.5 Å². The molecule has 0 aromatic heterocycles. The predicted octanol–water partition coefficient (Wildman–Crippen LogP) is 4.56. The molecule has 1 saturated heterocycles. The van der Waals surface area contributed by atoms with E-state index >= 15 is 0 Å². The van der Waals surface area contributed by atoms with Crippen LogP contribution >= 0.6 is 27.7 Å². The van der Waals surface area contributed by atoms with Crippen LogP contribution in [0.25, 0.3) is 6.08 Å². The Balaban J connectivity index is 1.72. The molecule has 0 radical (unpaired) electrons. The largest absolute Gasteiger partial charge is 0.366 e. The number of hydrogen-bond donors (Lipinski definition) is 1. The Hall–Kier alpha value is -2.05. The first-order valence-electron chi connectivity index (χ1n) is 6.94. The Morgan fingerprint density at radius 2 is 1.74 bits per heavy atom. The van der Waals surface area contributed by atoms with Crippen molar-refractivity contribution in [3.63, 3.8) is 0 Å². The van der Waals surface area contributed by atoms with Crippen molar-refractivity contribution >= 4 is 50.6 Å². The van der Waals surface area contributed by atoms with E-state index in [4.69, 9.17) is 0 Å². The van der Waals surface area contributed by atoms with Crippen LogP contribution in [0.15, 0.2) is 64.0 Å². The Morgan fingerprint density at radius 1 is 1.04 bits per heavy atom. The van der Waals surface area contributed by atoms with E-state index in [-0.39, 0.29) is 17.8 Å². The van der Waals surface area contributed by atoms with E-state index in [1.165, 1.54) is 4.90 Å². The maximum absolute atomic E-state index is 12.4. The average molecular weight is 389 g/mol. The molecule has 23 heavy (non-hydrogen) atoms. The van der Waals surface area contributed by atoms with E-state index in [0.29, 0.717) is 4.91 Å². The summed E-state index contributed by atoms with van der Waals surface area (Å²) in [5.74, 6) is -0.275. The van der Waals surface area contributed by atoms with Crippen molar-refractivity contribution in [1.29, 1.82) is 0 Å². The van der Waals surface area contributed by atoms with Gasteiger partial charge in [-0.1, -0.05) is 42.5 Å². The molecular weight excluding hydrogens is 376 g/mol. The van der Waals surface area contributed by atoms with Crippen LogP contribution in [-0.4, -0.2) is 22.7 Å².